The molecule has 0 amide bonds. The van der Waals surface area contributed by atoms with E-state index in [0.717, 1.165) is 19.0 Å². The molecule has 0 saturated carbocycles. The van der Waals surface area contributed by atoms with Crippen LogP contribution in [0.5, 0.6) is 0 Å². The van der Waals surface area contributed by atoms with Crippen LogP contribution < -0.4 is 0 Å². The van der Waals surface area contributed by atoms with Crippen molar-refractivity contribution in [3.63, 3.8) is 0 Å². The van der Waals surface area contributed by atoms with Crippen molar-refractivity contribution in [1.29, 1.82) is 0 Å². The predicted molar refractivity (Wildman–Crippen MR) is 36.8 cm³/mol. The first-order chi connectivity index (χ1) is 4.33. The lowest BCUT2D eigenvalue weighted by molar-refractivity contribution is 0.362. The SMILES string of the molecule is [C-]#[N+]CN1CCC(C)C1. The van der Waals surface area contributed by atoms with Crippen LogP contribution in [0.4, 0.5) is 0 Å². The van der Waals surface area contributed by atoms with Gasteiger partial charge in [-0.2, -0.15) is 0 Å². The summed E-state index contributed by atoms with van der Waals surface area (Å²) in [7, 11) is 0. The summed E-state index contributed by atoms with van der Waals surface area (Å²) in [5, 5.41) is 0. The van der Waals surface area contributed by atoms with Gasteiger partial charge >= 0.3 is 0 Å². The van der Waals surface area contributed by atoms with Gasteiger partial charge in [0, 0.05) is 13.1 Å². The molecule has 1 unspecified atom stereocenters. The Morgan fingerprint density at radius 1 is 1.78 bits per heavy atom. The number of nitrogens with zero attached hydrogens (tertiary/aromatic N) is 2. The van der Waals surface area contributed by atoms with Crippen molar-refractivity contribution in [2.24, 2.45) is 5.92 Å². The van der Waals surface area contributed by atoms with Crippen LogP contribution in [0.15, 0.2) is 0 Å². The van der Waals surface area contributed by atoms with Gasteiger partial charge < -0.3 is 0 Å². The van der Waals surface area contributed by atoms with Gasteiger partial charge in [0.2, 0.25) is 0 Å². The quantitative estimate of drug-likeness (QED) is 0.477. The van der Waals surface area contributed by atoms with Crippen molar-refractivity contribution in [2.75, 3.05) is 19.8 Å². The Morgan fingerprint density at radius 3 is 3.00 bits per heavy atom. The molecule has 0 radical (unpaired) electrons. The van der Waals surface area contributed by atoms with Gasteiger partial charge in [0.1, 0.15) is 0 Å². The van der Waals surface area contributed by atoms with Gasteiger partial charge in [0.25, 0.3) is 6.67 Å². The standard InChI is InChI=1S/C7H12N2/c1-7-3-4-9(5-7)6-8-2/h7H,3-6H2,1H3. The molecule has 0 N–H and O–H groups in total. The third-order valence-electron chi connectivity index (χ3n) is 1.78. The Morgan fingerprint density at radius 2 is 2.56 bits per heavy atom. The molecule has 0 bridgehead atoms. The van der Waals surface area contributed by atoms with Crippen LogP contribution in [0.1, 0.15) is 13.3 Å². The van der Waals surface area contributed by atoms with Gasteiger partial charge in [-0.05, 0) is 12.3 Å². The fraction of sp³-hybridized carbons (Fsp3) is 0.857. The first-order valence-electron chi connectivity index (χ1n) is 3.38. The molecule has 0 spiro atoms. The monoisotopic (exact) mass is 124 g/mol. The van der Waals surface area contributed by atoms with Crippen LogP contribution in [-0.2, 0) is 0 Å². The molecule has 1 aliphatic heterocycles. The normalized spacial score (nSPS) is 28.2. The highest BCUT2D eigenvalue weighted by molar-refractivity contribution is 4.74. The van der Waals surface area contributed by atoms with Gasteiger partial charge in [-0.3, -0.25) is 4.85 Å². The Bertz CT molecular complexity index is 125. The Kier molecular flexibility index (Phi) is 2.07. The molecule has 1 atom stereocenters. The summed E-state index contributed by atoms with van der Waals surface area (Å²) < 4.78 is 0. The fourth-order valence-corrected chi connectivity index (χ4v) is 1.25. The van der Waals surface area contributed by atoms with Gasteiger partial charge in [-0.25, -0.2) is 11.5 Å². The minimum absolute atomic E-state index is 0.602. The number of hydrogen-bond donors (Lipinski definition) is 0. The smallest absolute Gasteiger partial charge is 0.270 e. The fourth-order valence-electron chi connectivity index (χ4n) is 1.25. The molecule has 1 saturated heterocycles. The van der Waals surface area contributed by atoms with E-state index in [-0.39, 0.29) is 0 Å². The molecular weight excluding hydrogens is 112 g/mol. The van der Waals surface area contributed by atoms with Crippen molar-refractivity contribution >= 4 is 0 Å². The minimum Gasteiger partial charge on any atom is -0.299 e. The van der Waals surface area contributed by atoms with E-state index in [9.17, 15) is 0 Å². The average molecular weight is 124 g/mol. The average Bonchev–Trinajstić information content (AvgIpc) is 2.17. The zero-order valence-corrected chi connectivity index (χ0v) is 5.80. The molecule has 0 aromatic heterocycles. The summed E-state index contributed by atoms with van der Waals surface area (Å²) in [6, 6.07) is 0. The van der Waals surface area contributed by atoms with Gasteiger partial charge in [-0.1, -0.05) is 6.92 Å². The first-order valence-corrected chi connectivity index (χ1v) is 3.38. The van der Waals surface area contributed by atoms with Crippen molar-refractivity contribution in [3.05, 3.63) is 11.4 Å². The summed E-state index contributed by atoms with van der Waals surface area (Å²) in [6.45, 7) is 11.7. The number of likely N-dealkylation sites (tertiary alicyclic amines) is 1. The largest absolute Gasteiger partial charge is 0.299 e. The summed E-state index contributed by atoms with van der Waals surface area (Å²) in [5.74, 6) is 0.812. The maximum atomic E-state index is 6.62. The van der Waals surface area contributed by atoms with Crippen LogP contribution in [0.2, 0.25) is 0 Å². The predicted octanol–water partition coefficient (Wildman–Crippen LogP) is 1.20. The molecule has 0 aromatic carbocycles. The maximum Gasteiger partial charge on any atom is 0.270 e. The van der Waals surface area contributed by atoms with E-state index in [2.05, 4.69) is 16.7 Å². The molecular formula is C7H12N2. The number of rotatable bonds is 1. The zero-order chi connectivity index (χ0) is 6.69. The van der Waals surface area contributed by atoms with Crippen molar-refractivity contribution < 1.29 is 0 Å². The lowest BCUT2D eigenvalue weighted by Gasteiger charge is -2.04. The zero-order valence-electron chi connectivity index (χ0n) is 5.80. The van der Waals surface area contributed by atoms with Crippen LogP contribution in [-0.4, -0.2) is 24.7 Å². The highest BCUT2D eigenvalue weighted by atomic mass is 15.2. The van der Waals surface area contributed by atoms with E-state index in [1.807, 2.05) is 0 Å². The van der Waals surface area contributed by atoms with E-state index in [4.69, 9.17) is 6.57 Å². The third kappa shape index (κ3) is 1.69. The Labute approximate surface area is 56.3 Å². The molecule has 2 nitrogen and oxygen atoms in total. The van der Waals surface area contributed by atoms with E-state index < -0.39 is 0 Å². The van der Waals surface area contributed by atoms with E-state index in [1.54, 1.807) is 0 Å². The maximum absolute atomic E-state index is 6.62. The Balaban J connectivity index is 2.24. The molecule has 0 aliphatic carbocycles. The van der Waals surface area contributed by atoms with Crippen LogP contribution in [0.25, 0.3) is 4.85 Å². The summed E-state index contributed by atoms with van der Waals surface area (Å²) in [4.78, 5) is 5.53. The van der Waals surface area contributed by atoms with Crippen molar-refractivity contribution in [3.8, 4) is 0 Å². The van der Waals surface area contributed by atoms with Gasteiger partial charge in [0.05, 0.1) is 0 Å². The molecule has 0 aromatic rings. The van der Waals surface area contributed by atoms with E-state index in [0.29, 0.717) is 6.67 Å². The molecule has 2 heteroatoms. The van der Waals surface area contributed by atoms with Gasteiger partial charge in [-0.15, -0.1) is 0 Å². The first kappa shape index (κ1) is 6.57. The third-order valence-corrected chi connectivity index (χ3v) is 1.78. The molecule has 1 fully saturated rings. The highest BCUT2D eigenvalue weighted by Crippen LogP contribution is 2.13. The summed E-state index contributed by atoms with van der Waals surface area (Å²) in [5.41, 5.74) is 0. The topological polar surface area (TPSA) is 7.60 Å². The number of hydrogen-bond acceptors (Lipinski definition) is 1. The van der Waals surface area contributed by atoms with Crippen molar-refractivity contribution in [2.45, 2.75) is 13.3 Å². The van der Waals surface area contributed by atoms with Crippen LogP contribution >= 0.6 is 0 Å². The second-order valence-corrected chi connectivity index (χ2v) is 2.77. The molecule has 50 valence electrons. The van der Waals surface area contributed by atoms with E-state index >= 15 is 0 Å². The second-order valence-electron chi connectivity index (χ2n) is 2.77. The lowest BCUT2D eigenvalue weighted by atomic mass is 10.2. The van der Waals surface area contributed by atoms with Crippen LogP contribution in [0, 0.1) is 12.5 Å². The summed E-state index contributed by atoms with van der Waals surface area (Å²) >= 11 is 0. The molecule has 1 aliphatic rings. The molecule has 1 rings (SSSR count). The van der Waals surface area contributed by atoms with Crippen molar-refractivity contribution in [1.82, 2.24) is 4.90 Å². The lowest BCUT2D eigenvalue weighted by Crippen LogP contribution is -2.18. The van der Waals surface area contributed by atoms with Crippen LogP contribution in [0.3, 0.4) is 0 Å². The summed E-state index contributed by atoms with van der Waals surface area (Å²) in [6.07, 6.45) is 1.27. The van der Waals surface area contributed by atoms with E-state index in [1.165, 1.54) is 6.42 Å². The second kappa shape index (κ2) is 2.84. The van der Waals surface area contributed by atoms with Gasteiger partial charge in [0.15, 0.2) is 0 Å². The molecule has 1 heterocycles. The Hall–Kier alpha value is -0.550. The minimum atomic E-state index is 0.602. The molecule has 9 heavy (non-hydrogen) atoms. The highest BCUT2D eigenvalue weighted by Gasteiger charge is 2.19.